The van der Waals surface area contributed by atoms with Gasteiger partial charge in [0.1, 0.15) is 0 Å². The monoisotopic (exact) mass is 1540 g/mol. The topological polar surface area (TPSA) is 9.72 Å². The Hall–Kier alpha value is -9.77. The Balaban J connectivity index is 1.10. The maximum absolute atomic E-state index is 2.54. The van der Waals surface area contributed by atoms with Crippen molar-refractivity contribution >= 4 is 120 Å². The lowest BCUT2D eigenvalue weighted by molar-refractivity contribution is 0.590. The summed E-state index contributed by atoms with van der Waals surface area (Å²) in [5, 5.41) is 0. The van der Waals surface area contributed by atoms with Crippen LogP contribution in [0.1, 0.15) is 307 Å². The fourth-order valence-corrected chi connectivity index (χ4v) is 18.2. The zero-order chi connectivity index (χ0) is 84.2. The summed E-state index contributed by atoms with van der Waals surface area (Å²) >= 11 is 0. The average Bonchev–Trinajstić information content (AvgIpc) is 0.760. The van der Waals surface area contributed by atoms with Crippen molar-refractivity contribution < 1.29 is 0 Å². The quantitative estimate of drug-likeness (QED) is 0.0947. The van der Waals surface area contributed by atoms with E-state index in [4.69, 9.17) is 0 Å². The maximum atomic E-state index is 2.54. The normalized spacial score (nSPS) is 13.3. The molecule has 0 atom stereocenters. The van der Waals surface area contributed by atoms with Crippen molar-refractivity contribution in [2.45, 2.75) is 256 Å². The molecule has 6 heteroatoms. The van der Waals surface area contributed by atoms with Crippen LogP contribution in [0.2, 0.25) is 0 Å². The molecule has 0 N–H and O–H groups in total. The molecule has 600 valence electrons. The van der Waals surface area contributed by atoms with Gasteiger partial charge < -0.3 is 14.7 Å². The molecule has 0 radical (unpaired) electrons. The van der Waals surface area contributed by atoms with Crippen LogP contribution in [0, 0.1) is 0 Å². The van der Waals surface area contributed by atoms with Crippen LogP contribution in [-0.2, 0) is 16.2 Å². The van der Waals surface area contributed by atoms with Gasteiger partial charge >= 0.3 is 0 Å². The second kappa shape index (κ2) is 34.3. The van der Waals surface area contributed by atoms with Crippen molar-refractivity contribution in [1.82, 2.24) is 0 Å². The molecule has 0 saturated carbocycles. The van der Waals surface area contributed by atoms with Gasteiger partial charge in [-0.3, -0.25) is 0 Å². The zero-order valence-electron chi connectivity index (χ0n) is 76.0. The van der Waals surface area contributed by atoms with E-state index < -0.39 is 0 Å². The Labute approximate surface area is 708 Å². The molecule has 12 aromatic carbocycles. The van der Waals surface area contributed by atoms with Gasteiger partial charge in [-0.15, -0.1) is 0 Å². The van der Waals surface area contributed by atoms with E-state index in [1.165, 1.54) is 116 Å². The molecule has 22 rings (SSSR count). The molecule has 0 amide bonds. The minimum atomic E-state index is -0.0794. The van der Waals surface area contributed by atoms with Gasteiger partial charge in [0.15, 0.2) is 0 Å². The first-order valence-electron chi connectivity index (χ1n) is 44.2. The molecular formula is C111H132B3N3. The number of hydrogen-bond donors (Lipinski definition) is 0. The average molecular weight is 1540 g/mol. The van der Waals surface area contributed by atoms with E-state index in [1.807, 2.05) is 0 Å². The van der Waals surface area contributed by atoms with E-state index in [0.717, 1.165) is 51.2 Å². The standard InChI is InChI=1S/C111H132B3N3/c1-70(2)79-64-100(73(7)8)106(101(65-79)74(9)10)112-85-34-52-94(53-35-85)115(91-46-28-82(29-47-91)109(19,20)21)96-56-38-87(39-57-96)113(107-102(75(11)12)66-80(71(3)4)67-103(107)76(13)14)89-42-60-98(61-43-89)117(93-50-32-84(33-51-93)111(25,26)27)99-62-44-90(45-63-99)114(108-104(77(15)16)68-81(72(5)6)69-105(108)78(17)18)88-40-58-97(59-41-88)116(95-54-36-86(112)37-55-95)92-48-30-83(31-49-92)110(22,23)24/h28-78H,1-27H3. The minimum Gasteiger partial charge on any atom is -0.311 e. The number of hydrogen-bond acceptors (Lipinski definition) is 3. The van der Waals surface area contributed by atoms with Crippen LogP contribution in [0.15, 0.2) is 255 Å². The van der Waals surface area contributed by atoms with Crippen molar-refractivity contribution in [1.29, 1.82) is 0 Å². The van der Waals surface area contributed by atoms with Gasteiger partial charge in [-0.05, 0) is 245 Å². The highest BCUT2D eigenvalue weighted by molar-refractivity contribution is 6.97. The number of anilines is 9. The lowest BCUT2D eigenvalue weighted by Crippen LogP contribution is -2.55. The summed E-state index contributed by atoms with van der Waals surface area (Å²) in [5.74, 6) is 2.84. The van der Waals surface area contributed by atoms with Crippen molar-refractivity contribution in [3.63, 3.8) is 0 Å². The second-order valence-electron chi connectivity index (χ2n) is 40.0. The molecule has 117 heavy (non-hydrogen) atoms. The van der Waals surface area contributed by atoms with Gasteiger partial charge in [-0.1, -0.05) is 382 Å². The summed E-state index contributed by atoms with van der Waals surface area (Å²) in [7, 11) is 0. The SMILES string of the molecule is CC(C)c1cc(C(C)C)c(B2c3ccc(cc3)N(c3ccc(C(C)(C)C)cc3)c3ccc(cc3)B(c3c(C(C)C)cc(C(C)C)cc3C(C)C)c3ccc(cc3)N(c3ccc(C(C)(C)C)cc3)c3ccc(cc3)B(c3c(C(C)C)cc(C(C)C)cc3C(C)C)c3ccc(cc3)N(c3ccc(C(C)(C)C)cc3)c3ccc2cc3)c(C(C)C)c1. The molecule has 3 nitrogen and oxygen atoms in total. The molecule has 10 aliphatic rings. The van der Waals surface area contributed by atoms with Gasteiger partial charge in [0.2, 0.25) is 20.1 Å². The molecule has 0 fully saturated rings. The highest BCUT2D eigenvalue weighted by Gasteiger charge is 2.36. The highest BCUT2D eigenvalue weighted by Crippen LogP contribution is 2.42. The van der Waals surface area contributed by atoms with Gasteiger partial charge in [0.05, 0.1) is 0 Å². The number of benzene rings is 12. The molecule has 10 aliphatic heterocycles. The fourth-order valence-electron chi connectivity index (χ4n) is 18.2. The molecule has 0 aliphatic carbocycles. The van der Waals surface area contributed by atoms with E-state index >= 15 is 0 Å². The van der Waals surface area contributed by atoms with Gasteiger partial charge in [0, 0.05) is 51.2 Å². The van der Waals surface area contributed by atoms with E-state index in [0.29, 0.717) is 17.8 Å². The van der Waals surface area contributed by atoms with Gasteiger partial charge in [-0.25, -0.2) is 0 Å². The molecule has 12 aromatic rings. The lowest BCUT2D eigenvalue weighted by Gasteiger charge is -2.31. The molecule has 0 unspecified atom stereocenters. The first-order valence-corrected chi connectivity index (χ1v) is 44.2. The van der Waals surface area contributed by atoms with E-state index in [1.54, 1.807) is 0 Å². The predicted octanol–water partition coefficient (Wildman–Crippen LogP) is 26.0. The number of nitrogens with zero attached hydrogens (tertiary/aromatic N) is 3. The maximum Gasteiger partial charge on any atom is 0.241 e. The largest absolute Gasteiger partial charge is 0.311 e. The van der Waals surface area contributed by atoms with Crippen molar-refractivity contribution in [2.24, 2.45) is 0 Å². The summed E-state index contributed by atoms with van der Waals surface area (Å²) in [6.07, 6.45) is 0. The van der Waals surface area contributed by atoms with E-state index in [-0.39, 0.29) is 71.9 Å². The smallest absolute Gasteiger partial charge is 0.241 e. The summed E-state index contributed by atoms with van der Waals surface area (Å²) < 4.78 is 0. The first-order chi connectivity index (χ1) is 55.4. The van der Waals surface area contributed by atoms with Gasteiger partial charge in [0.25, 0.3) is 0 Å². The van der Waals surface area contributed by atoms with Gasteiger partial charge in [-0.2, -0.15) is 0 Å². The molecular weight excluding hydrogens is 1410 g/mol. The third-order valence-electron chi connectivity index (χ3n) is 25.3. The van der Waals surface area contributed by atoms with E-state index in [2.05, 4.69) is 456 Å². The van der Waals surface area contributed by atoms with Crippen LogP contribution in [0.4, 0.5) is 51.2 Å². The fraction of sp³-hybridized carbons (Fsp3) is 0.351. The van der Waals surface area contributed by atoms with Crippen molar-refractivity contribution in [3.05, 3.63) is 322 Å². The highest BCUT2D eigenvalue weighted by atomic mass is 15.2. The van der Waals surface area contributed by atoms with Crippen LogP contribution < -0.4 is 63.9 Å². The second-order valence-corrected chi connectivity index (χ2v) is 40.0. The van der Waals surface area contributed by atoms with Crippen LogP contribution in [-0.4, -0.2) is 20.1 Å². The summed E-state index contributed by atoms with van der Waals surface area (Å²) in [4.78, 5) is 7.46. The third-order valence-corrected chi connectivity index (χ3v) is 25.3. The molecule has 10 heterocycles. The lowest BCUT2D eigenvalue weighted by atomic mass is 9.34. The first kappa shape index (κ1) is 85.1. The molecule has 0 saturated heterocycles. The Kier molecular flexibility index (Phi) is 24.9. The molecule has 0 aromatic heterocycles. The number of rotatable bonds is 15. The van der Waals surface area contributed by atoms with E-state index in [9.17, 15) is 0 Å². The Morgan fingerprint density at radius 1 is 0.179 bits per heavy atom. The summed E-state index contributed by atoms with van der Waals surface area (Å²) in [5.41, 5.74) is 38.4. The van der Waals surface area contributed by atoms with Crippen LogP contribution in [0.5, 0.6) is 0 Å². The summed E-state index contributed by atoms with van der Waals surface area (Å²) in [6.45, 7) is 63.5. The van der Waals surface area contributed by atoms with Crippen LogP contribution >= 0.6 is 0 Å². The van der Waals surface area contributed by atoms with Crippen molar-refractivity contribution in [3.8, 4) is 0 Å². The Morgan fingerprint density at radius 3 is 0.419 bits per heavy atom. The minimum absolute atomic E-state index is 0.0152. The van der Waals surface area contributed by atoms with Crippen molar-refractivity contribution in [2.75, 3.05) is 14.7 Å². The Bertz CT molecular complexity index is 4620. The van der Waals surface area contributed by atoms with Crippen LogP contribution in [0.25, 0.3) is 0 Å². The predicted molar refractivity (Wildman–Crippen MR) is 520 cm³/mol. The zero-order valence-corrected chi connectivity index (χ0v) is 76.0. The molecule has 12 bridgehead atoms. The Morgan fingerprint density at radius 2 is 0.308 bits per heavy atom. The van der Waals surface area contributed by atoms with Crippen LogP contribution in [0.3, 0.4) is 0 Å². The third kappa shape index (κ3) is 17.9. The summed E-state index contributed by atoms with van der Waals surface area (Å²) in [6, 6.07) is 102. The molecule has 0 spiro atoms.